The molecule has 0 saturated heterocycles. The highest BCUT2D eigenvalue weighted by molar-refractivity contribution is 9.10. The second kappa shape index (κ2) is 6.62. The predicted octanol–water partition coefficient (Wildman–Crippen LogP) is 3.04. The van der Waals surface area contributed by atoms with Crippen LogP contribution in [0.4, 0.5) is 0 Å². The average Bonchev–Trinajstić information content (AvgIpc) is 2.17. The minimum atomic E-state index is -0.197. The maximum Gasteiger partial charge on any atom is 0.217 e. The third kappa shape index (κ3) is 5.57. The van der Waals surface area contributed by atoms with E-state index in [4.69, 9.17) is 5.73 Å². The molecule has 0 fully saturated rings. The van der Waals surface area contributed by atoms with Gasteiger partial charge in [0.1, 0.15) is 0 Å². The maximum atomic E-state index is 10.5. The second-order valence-electron chi connectivity index (χ2n) is 3.66. The molecule has 1 aromatic rings. The summed E-state index contributed by atoms with van der Waals surface area (Å²) in [5, 5.41) is 0. The Morgan fingerprint density at radius 3 is 2.73 bits per heavy atom. The van der Waals surface area contributed by atoms with E-state index in [-0.39, 0.29) is 5.91 Å². The molecule has 0 aliphatic rings. The van der Waals surface area contributed by atoms with Crippen LogP contribution in [0.5, 0.6) is 0 Å². The molecule has 82 valence electrons. The van der Waals surface area contributed by atoms with E-state index in [1.807, 2.05) is 12.1 Å². The van der Waals surface area contributed by atoms with Crippen molar-refractivity contribution in [2.45, 2.75) is 32.1 Å². The number of hydrogen-bond donors (Lipinski definition) is 1. The number of benzene rings is 1. The van der Waals surface area contributed by atoms with Gasteiger partial charge in [-0.05, 0) is 37.0 Å². The molecule has 1 rings (SSSR count). The highest BCUT2D eigenvalue weighted by Crippen LogP contribution is 2.14. The van der Waals surface area contributed by atoms with Gasteiger partial charge in [0.25, 0.3) is 0 Å². The van der Waals surface area contributed by atoms with Gasteiger partial charge in [-0.2, -0.15) is 0 Å². The van der Waals surface area contributed by atoms with E-state index >= 15 is 0 Å². The lowest BCUT2D eigenvalue weighted by Gasteiger charge is -2.01. The predicted molar refractivity (Wildman–Crippen MR) is 65.5 cm³/mol. The largest absolute Gasteiger partial charge is 0.370 e. The van der Waals surface area contributed by atoms with Crippen molar-refractivity contribution in [3.8, 4) is 0 Å². The first-order valence-corrected chi connectivity index (χ1v) is 6.00. The zero-order valence-electron chi connectivity index (χ0n) is 8.71. The van der Waals surface area contributed by atoms with E-state index in [0.717, 1.165) is 30.2 Å². The fraction of sp³-hybridized carbons (Fsp3) is 0.417. The number of carbonyl (C=O) groups is 1. The van der Waals surface area contributed by atoms with Crippen LogP contribution in [-0.2, 0) is 11.2 Å². The van der Waals surface area contributed by atoms with Crippen LogP contribution in [0.3, 0.4) is 0 Å². The molecule has 0 spiro atoms. The first kappa shape index (κ1) is 12.2. The highest BCUT2D eigenvalue weighted by atomic mass is 79.9. The Morgan fingerprint density at radius 2 is 2.07 bits per heavy atom. The second-order valence-corrected chi connectivity index (χ2v) is 4.57. The molecular formula is C12H16BrNO. The molecule has 3 heteroatoms. The molecule has 15 heavy (non-hydrogen) atoms. The van der Waals surface area contributed by atoms with Gasteiger partial charge < -0.3 is 5.73 Å². The van der Waals surface area contributed by atoms with Gasteiger partial charge in [0.2, 0.25) is 5.91 Å². The summed E-state index contributed by atoms with van der Waals surface area (Å²) in [5.41, 5.74) is 6.40. The highest BCUT2D eigenvalue weighted by Gasteiger charge is 1.96. The molecule has 0 aromatic heterocycles. The molecule has 0 bridgehead atoms. The molecule has 0 heterocycles. The van der Waals surface area contributed by atoms with Crippen molar-refractivity contribution in [1.82, 2.24) is 0 Å². The number of hydrogen-bond acceptors (Lipinski definition) is 1. The van der Waals surface area contributed by atoms with Gasteiger partial charge in [0, 0.05) is 10.9 Å². The van der Waals surface area contributed by atoms with Crippen molar-refractivity contribution in [3.05, 3.63) is 34.3 Å². The van der Waals surface area contributed by atoms with Gasteiger partial charge in [0.05, 0.1) is 0 Å². The van der Waals surface area contributed by atoms with Gasteiger partial charge in [0.15, 0.2) is 0 Å². The lowest BCUT2D eigenvalue weighted by atomic mass is 10.1. The standard InChI is InChI=1S/C12H16BrNO/c13-11-7-4-6-10(9-11)5-2-1-3-8-12(14)15/h4,6-7,9H,1-3,5,8H2,(H2,14,15). The summed E-state index contributed by atoms with van der Waals surface area (Å²) in [4.78, 5) is 10.5. The Kier molecular flexibility index (Phi) is 5.40. The van der Waals surface area contributed by atoms with Gasteiger partial charge >= 0.3 is 0 Å². The normalized spacial score (nSPS) is 10.2. The molecule has 1 amide bonds. The average molecular weight is 270 g/mol. The van der Waals surface area contributed by atoms with Gasteiger partial charge in [-0.25, -0.2) is 0 Å². The number of halogens is 1. The van der Waals surface area contributed by atoms with Gasteiger partial charge in [-0.1, -0.05) is 34.5 Å². The molecule has 0 atom stereocenters. The van der Waals surface area contributed by atoms with Crippen molar-refractivity contribution < 1.29 is 4.79 Å². The molecule has 0 saturated carbocycles. The van der Waals surface area contributed by atoms with Crippen molar-refractivity contribution in [3.63, 3.8) is 0 Å². The topological polar surface area (TPSA) is 43.1 Å². The van der Waals surface area contributed by atoms with Crippen LogP contribution in [0, 0.1) is 0 Å². The zero-order chi connectivity index (χ0) is 11.1. The summed E-state index contributed by atoms with van der Waals surface area (Å²) in [6.07, 6.45) is 4.67. The van der Waals surface area contributed by atoms with Crippen LogP contribution in [0.2, 0.25) is 0 Å². The molecule has 0 aliphatic heterocycles. The van der Waals surface area contributed by atoms with E-state index in [2.05, 4.69) is 28.1 Å². The third-order valence-electron chi connectivity index (χ3n) is 2.28. The molecule has 0 unspecified atom stereocenters. The number of nitrogens with two attached hydrogens (primary N) is 1. The minimum Gasteiger partial charge on any atom is -0.370 e. The van der Waals surface area contributed by atoms with Gasteiger partial charge in [-0.15, -0.1) is 0 Å². The smallest absolute Gasteiger partial charge is 0.217 e. The maximum absolute atomic E-state index is 10.5. The minimum absolute atomic E-state index is 0.197. The number of primary amides is 1. The van der Waals surface area contributed by atoms with Crippen molar-refractivity contribution in [2.75, 3.05) is 0 Å². The summed E-state index contributed by atoms with van der Waals surface area (Å²) in [6, 6.07) is 8.33. The lowest BCUT2D eigenvalue weighted by molar-refractivity contribution is -0.118. The lowest BCUT2D eigenvalue weighted by Crippen LogP contribution is -2.09. The molecule has 2 N–H and O–H groups in total. The Morgan fingerprint density at radius 1 is 1.27 bits per heavy atom. The van der Waals surface area contributed by atoms with Crippen LogP contribution in [0.25, 0.3) is 0 Å². The Labute approximate surface area is 99.0 Å². The summed E-state index contributed by atoms with van der Waals surface area (Å²) in [7, 11) is 0. The van der Waals surface area contributed by atoms with Gasteiger partial charge in [-0.3, -0.25) is 4.79 Å². The fourth-order valence-electron chi connectivity index (χ4n) is 1.50. The third-order valence-corrected chi connectivity index (χ3v) is 2.77. The first-order chi connectivity index (χ1) is 7.18. The van der Waals surface area contributed by atoms with E-state index in [1.165, 1.54) is 5.56 Å². The van der Waals surface area contributed by atoms with Crippen LogP contribution >= 0.6 is 15.9 Å². The van der Waals surface area contributed by atoms with Crippen molar-refractivity contribution in [1.29, 1.82) is 0 Å². The SMILES string of the molecule is NC(=O)CCCCCc1cccc(Br)c1. The monoisotopic (exact) mass is 269 g/mol. The number of rotatable bonds is 6. The quantitative estimate of drug-likeness (QED) is 0.793. The molecule has 2 nitrogen and oxygen atoms in total. The number of aryl methyl sites for hydroxylation is 1. The Bertz CT molecular complexity index is 325. The first-order valence-electron chi connectivity index (χ1n) is 5.21. The van der Waals surface area contributed by atoms with Crippen LogP contribution < -0.4 is 5.73 Å². The number of unbranched alkanes of at least 4 members (excludes halogenated alkanes) is 2. The van der Waals surface area contributed by atoms with Crippen LogP contribution in [0.1, 0.15) is 31.2 Å². The van der Waals surface area contributed by atoms with E-state index in [1.54, 1.807) is 0 Å². The van der Waals surface area contributed by atoms with Crippen LogP contribution in [-0.4, -0.2) is 5.91 Å². The number of amides is 1. The zero-order valence-corrected chi connectivity index (χ0v) is 10.3. The summed E-state index contributed by atoms with van der Waals surface area (Å²) >= 11 is 3.44. The number of carbonyl (C=O) groups excluding carboxylic acids is 1. The Balaban J connectivity index is 2.17. The van der Waals surface area contributed by atoms with E-state index in [0.29, 0.717) is 6.42 Å². The molecule has 1 aromatic carbocycles. The van der Waals surface area contributed by atoms with E-state index in [9.17, 15) is 4.79 Å². The Hall–Kier alpha value is -0.830. The summed E-state index contributed by atoms with van der Waals surface area (Å²) in [5.74, 6) is -0.197. The van der Waals surface area contributed by atoms with Crippen molar-refractivity contribution >= 4 is 21.8 Å². The summed E-state index contributed by atoms with van der Waals surface area (Å²) in [6.45, 7) is 0. The van der Waals surface area contributed by atoms with Crippen LogP contribution in [0.15, 0.2) is 28.7 Å². The molecular weight excluding hydrogens is 254 g/mol. The summed E-state index contributed by atoms with van der Waals surface area (Å²) < 4.78 is 1.12. The molecule has 0 aliphatic carbocycles. The van der Waals surface area contributed by atoms with Crippen molar-refractivity contribution in [2.24, 2.45) is 5.73 Å². The molecule has 0 radical (unpaired) electrons. The van der Waals surface area contributed by atoms with E-state index < -0.39 is 0 Å². The fourth-order valence-corrected chi connectivity index (χ4v) is 1.94.